The van der Waals surface area contributed by atoms with Crippen LogP contribution in [0.4, 0.5) is 0 Å². The maximum Gasteiger partial charge on any atom is 0.309 e. The van der Waals surface area contributed by atoms with Crippen molar-refractivity contribution in [1.82, 2.24) is 4.90 Å². The van der Waals surface area contributed by atoms with E-state index in [1.807, 2.05) is 0 Å². The number of allylic oxidation sites excluding steroid dienone is 1. The maximum atomic E-state index is 14.0. The molecule has 4 N–H and O–H groups in total. The van der Waals surface area contributed by atoms with E-state index in [0.29, 0.717) is 31.3 Å². The zero-order valence-corrected chi connectivity index (χ0v) is 33.3. The first-order chi connectivity index (χ1) is 23.0. The number of fused-ring (bicyclic) bond motifs is 7. The summed E-state index contributed by atoms with van der Waals surface area (Å²) in [4.78, 5) is 41.1. The number of rotatable bonds is 11. The van der Waals surface area contributed by atoms with E-state index in [9.17, 15) is 24.6 Å². The molecule has 8 nitrogen and oxygen atoms in total. The molecule has 0 aromatic carbocycles. The minimum Gasteiger partial charge on any atom is -0.481 e. The number of hydrogen-bond acceptors (Lipinski definition) is 7. The van der Waals surface area contributed by atoms with Gasteiger partial charge in [0.2, 0.25) is 0 Å². The monoisotopic (exact) mass is 699 g/mol. The molecule has 50 heavy (non-hydrogen) atoms. The molecule has 9 unspecified atom stereocenters. The lowest BCUT2D eigenvalue weighted by Crippen LogP contribution is -2.66. The van der Waals surface area contributed by atoms with E-state index in [0.717, 1.165) is 63.5 Å². The fourth-order valence-corrected chi connectivity index (χ4v) is 13.0. The van der Waals surface area contributed by atoms with E-state index in [1.165, 1.54) is 5.57 Å². The number of aliphatic hydroxyl groups is 1. The van der Waals surface area contributed by atoms with Gasteiger partial charge in [0, 0.05) is 42.9 Å². The fraction of sp³-hybridized carbons (Fsp3) is 0.881. The second kappa shape index (κ2) is 13.3. The predicted octanol–water partition coefficient (Wildman–Crippen LogP) is 7.41. The van der Waals surface area contributed by atoms with Crippen molar-refractivity contribution in [1.29, 1.82) is 0 Å². The summed E-state index contributed by atoms with van der Waals surface area (Å²) in [6.45, 7) is 25.8. The van der Waals surface area contributed by atoms with Crippen LogP contribution in [0, 0.1) is 56.2 Å². The summed E-state index contributed by atoms with van der Waals surface area (Å²) in [5.41, 5.74) is 6.54. The molecule has 0 saturated heterocycles. The van der Waals surface area contributed by atoms with Crippen LogP contribution in [0.25, 0.3) is 0 Å². The van der Waals surface area contributed by atoms with Gasteiger partial charge >= 0.3 is 11.9 Å². The van der Waals surface area contributed by atoms with E-state index in [2.05, 4.69) is 67.2 Å². The standard InChI is InChI=1S/C42H70N2O6/c1-25(2)34-28(45)22-42(31(46)24-44(21-20-43)26(3)4)19-18-40(10)27(35(34)42)12-13-30-39(9)16-15-32(50-33(47)23-37(5,6)36(48)49)38(7,8)29(39)14-17-41(30,40)11/h25-27,29-32,46H,12-24,43H2,1-11H3,(H,48,49). The number of ether oxygens (including phenoxy) is 1. The first kappa shape index (κ1) is 39.4. The van der Waals surface area contributed by atoms with Crippen molar-refractivity contribution < 1.29 is 29.3 Å². The molecule has 0 radical (unpaired) electrons. The lowest BCUT2D eigenvalue weighted by atomic mass is 9.33. The molecule has 0 heterocycles. The maximum absolute atomic E-state index is 14.0. The van der Waals surface area contributed by atoms with Crippen molar-refractivity contribution in [3.05, 3.63) is 11.1 Å². The molecule has 0 aliphatic heterocycles. The van der Waals surface area contributed by atoms with Crippen molar-refractivity contribution >= 4 is 17.7 Å². The van der Waals surface area contributed by atoms with E-state index < -0.39 is 28.9 Å². The predicted molar refractivity (Wildman–Crippen MR) is 197 cm³/mol. The molecule has 5 aliphatic carbocycles. The molecule has 0 spiro atoms. The molecule has 284 valence electrons. The van der Waals surface area contributed by atoms with Crippen molar-refractivity contribution in [2.75, 3.05) is 19.6 Å². The quantitative estimate of drug-likeness (QED) is 0.190. The average Bonchev–Trinajstić information content (AvgIpc) is 3.31. The largest absolute Gasteiger partial charge is 0.481 e. The molecule has 0 aromatic rings. The van der Waals surface area contributed by atoms with Crippen LogP contribution in [-0.2, 0) is 19.1 Å². The Labute approximate surface area is 302 Å². The summed E-state index contributed by atoms with van der Waals surface area (Å²) < 4.78 is 6.16. The highest BCUT2D eigenvalue weighted by Crippen LogP contribution is 2.77. The molecule has 0 bridgehead atoms. The van der Waals surface area contributed by atoms with Gasteiger partial charge in [0.1, 0.15) is 6.10 Å². The topological polar surface area (TPSA) is 130 Å². The molecule has 8 heteroatoms. The Kier molecular flexibility index (Phi) is 10.5. The van der Waals surface area contributed by atoms with Crippen LogP contribution in [0.5, 0.6) is 0 Å². The van der Waals surface area contributed by atoms with Crippen LogP contribution in [0.2, 0.25) is 0 Å². The number of hydrogen-bond donors (Lipinski definition) is 3. The number of ketones is 1. The summed E-state index contributed by atoms with van der Waals surface area (Å²) in [5, 5.41) is 21.9. The summed E-state index contributed by atoms with van der Waals surface area (Å²) in [6.07, 6.45) is 7.33. The summed E-state index contributed by atoms with van der Waals surface area (Å²) in [5.74, 6) is 0.102. The van der Waals surface area contributed by atoms with Gasteiger partial charge in [-0.15, -0.1) is 0 Å². The normalized spacial score (nSPS) is 38.8. The van der Waals surface area contributed by atoms with Crippen LogP contribution in [0.15, 0.2) is 11.1 Å². The smallest absolute Gasteiger partial charge is 0.309 e. The zero-order chi connectivity index (χ0) is 37.4. The highest BCUT2D eigenvalue weighted by molar-refractivity contribution is 6.00. The van der Waals surface area contributed by atoms with Gasteiger partial charge in [-0.25, -0.2) is 0 Å². The van der Waals surface area contributed by atoms with Crippen molar-refractivity contribution in [3.8, 4) is 0 Å². The number of aliphatic hydroxyl groups excluding tert-OH is 1. The van der Waals surface area contributed by atoms with E-state index >= 15 is 0 Å². The Morgan fingerprint density at radius 2 is 1.60 bits per heavy atom. The minimum atomic E-state index is -1.16. The van der Waals surface area contributed by atoms with E-state index in [-0.39, 0.29) is 57.8 Å². The lowest BCUT2D eigenvalue weighted by molar-refractivity contribution is -0.235. The van der Waals surface area contributed by atoms with Gasteiger partial charge in [-0.2, -0.15) is 0 Å². The zero-order valence-electron chi connectivity index (χ0n) is 33.3. The third kappa shape index (κ3) is 5.94. The molecular weight excluding hydrogens is 628 g/mol. The minimum absolute atomic E-state index is 0.00191. The summed E-state index contributed by atoms with van der Waals surface area (Å²) in [6, 6.07) is 0.261. The Hall–Kier alpha value is -1.77. The summed E-state index contributed by atoms with van der Waals surface area (Å²) in [7, 11) is 0. The Balaban J connectivity index is 1.46. The second-order valence-electron chi connectivity index (χ2n) is 20.0. The molecule has 4 fully saturated rings. The average molecular weight is 699 g/mol. The van der Waals surface area contributed by atoms with Gasteiger partial charge in [0.05, 0.1) is 17.9 Å². The van der Waals surface area contributed by atoms with Crippen LogP contribution < -0.4 is 5.73 Å². The van der Waals surface area contributed by atoms with E-state index in [4.69, 9.17) is 10.5 Å². The van der Waals surface area contributed by atoms with Crippen molar-refractivity contribution in [3.63, 3.8) is 0 Å². The van der Waals surface area contributed by atoms with Gasteiger partial charge in [-0.1, -0.05) is 54.0 Å². The van der Waals surface area contributed by atoms with Crippen LogP contribution in [-0.4, -0.2) is 70.7 Å². The van der Waals surface area contributed by atoms with E-state index in [1.54, 1.807) is 13.8 Å². The molecule has 5 rings (SSSR count). The van der Waals surface area contributed by atoms with Crippen molar-refractivity contribution in [2.24, 2.45) is 61.9 Å². The molecule has 5 aliphatic rings. The number of carboxylic acids is 1. The number of Topliss-reactive ketones (excluding diaryl/α,β-unsaturated/α-hetero) is 1. The fourth-order valence-electron chi connectivity index (χ4n) is 13.0. The van der Waals surface area contributed by atoms with Crippen LogP contribution >= 0.6 is 0 Å². The SMILES string of the molecule is CC(C)C1=C2C3CCC4C5(C)CCC(OC(=O)CC(C)(C)C(=O)O)C(C)(C)C5CCC4(C)C3(C)CCC2(C(O)CN(CCN)C(C)C)CC1=O. The van der Waals surface area contributed by atoms with Gasteiger partial charge in [-0.05, 0) is 125 Å². The van der Waals surface area contributed by atoms with Crippen LogP contribution in [0.1, 0.15) is 140 Å². The number of carbonyl (C=O) groups excluding carboxylic acids is 2. The highest BCUT2D eigenvalue weighted by atomic mass is 16.5. The van der Waals surface area contributed by atoms with Gasteiger partial charge in [0.15, 0.2) is 5.78 Å². The third-order valence-electron chi connectivity index (χ3n) is 16.1. The molecule has 0 amide bonds. The van der Waals surface area contributed by atoms with Crippen molar-refractivity contribution in [2.45, 2.75) is 159 Å². The van der Waals surface area contributed by atoms with Crippen LogP contribution in [0.3, 0.4) is 0 Å². The molecule has 4 saturated carbocycles. The van der Waals surface area contributed by atoms with Gasteiger partial charge in [0.25, 0.3) is 0 Å². The van der Waals surface area contributed by atoms with Gasteiger partial charge < -0.3 is 20.7 Å². The number of aliphatic carboxylic acids is 1. The Morgan fingerprint density at radius 1 is 0.940 bits per heavy atom. The molecule has 0 aromatic heterocycles. The lowest BCUT2D eigenvalue weighted by Gasteiger charge is -2.72. The number of nitrogens with two attached hydrogens (primary N) is 1. The number of esters is 1. The summed E-state index contributed by atoms with van der Waals surface area (Å²) >= 11 is 0. The number of nitrogens with zero attached hydrogens (tertiary/aromatic N) is 1. The Morgan fingerprint density at radius 3 is 2.18 bits per heavy atom. The number of carbonyl (C=O) groups is 3. The number of carboxylic acid groups (broad SMARTS) is 1. The molecular formula is C42H70N2O6. The first-order valence-electron chi connectivity index (χ1n) is 19.9. The second-order valence-corrected chi connectivity index (χ2v) is 20.0. The Bertz CT molecular complexity index is 1380. The third-order valence-corrected chi connectivity index (χ3v) is 16.1. The first-order valence-corrected chi connectivity index (χ1v) is 19.9. The van der Waals surface area contributed by atoms with Gasteiger partial charge in [-0.3, -0.25) is 19.3 Å². The highest BCUT2D eigenvalue weighted by Gasteiger charge is 2.70. The molecule has 9 atom stereocenters.